The number of aliphatic carboxylic acids is 1. The van der Waals surface area contributed by atoms with E-state index in [1.807, 2.05) is 30.8 Å². The summed E-state index contributed by atoms with van der Waals surface area (Å²) in [5.41, 5.74) is 8.79. The third-order valence-corrected chi connectivity index (χ3v) is 9.05. The van der Waals surface area contributed by atoms with Gasteiger partial charge in [-0.1, -0.05) is 31.2 Å². The lowest BCUT2D eigenvalue weighted by atomic mass is 9.78. The Morgan fingerprint density at radius 3 is 2.66 bits per heavy atom. The molecule has 1 saturated heterocycles. The quantitative estimate of drug-likeness (QED) is 0.206. The van der Waals surface area contributed by atoms with Crippen molar-refractivity contribution in [3.8, 4) is 11.1 Å². The summed E-state index contributed by atoms with van der Waals surface area (Å²) < 4.78 is 5.45. The van der Waals surface area contributed by atoms with Crippen molar-refractivity contribution in [1.29, 1.82) is 0 Å². The van der Waals surface area contributed by atoms with Crippen LogP contribution in [0.4, 0.5) is 0 Å². The van der Waals surface area contributed by atoms with Crippen LogP contribution >= 0.6 is 11.8 Å². The van der Waals surface area contributed by atoms with Gasteiger partial charge in [0.1, 0.15) is 12.9 Å². The van der Waals surface area contributed by atoms with E-state index in [0.717, 1.165) is 29.7 Å². The molecule has 4 heterocycles. The minimum absolute atomic E-state index is 0.0658. The number of fused-ring (bicyclic) bond motifs is 1. The lowest BCUT2D eigenvalue weighted by Crippen LogP contribution is -2.66. The van der Waals surface area contributed by atoms with Gasteiger partial charge in [0.2, 0.25) is 18.0 Å². The second-order valence-corrected chi connectivity index (χ2v) is 11.5. The Morgan fingerprint density at radius 2 is 2.00 bits per heavy atom. The molecular formula is C27H33N9O4S. The van der Waals surface area contributed by atoms with Crippen molar-refractivity contribution in [3.63, 3.8) is 0 Å². The van der Waals surface area contributed by atoms with Gasteiger partial charge in [-0.25, -0.2) is 4.68 Å². The van der Waals surface area contributed by atoms with E-state index in [4.69, 9.17) is 5.73 Å². The Kier molecular flexibility index (Phi) is 8.22. The lowest BCUT2D eigenvalue weighted by Gasteiger charge is -2.48. The van der Waals surface area contributed by atoms with Gasteiger partial charge in [-0.2, -0.15) is 4.68 Å². The third kappa shape index (κ3) is 5.61. The van der Waals surface area contributed by atoms with E-state index in [2.05, 4.69) is 50.1 Å². The van der Waals surface area contributed by atoms with E-state index in [0.29, 0.717) is 17.2 Å². The largest absolute Gasteiger partial charge is 0.543 e. The second kappa shape index (κ2) is 11.8. The van der Waals surface area contributed by atoms with Crippen molar-refractivity contribution in [2.45, 2.75) is 51.2 Å². The summed E-state index contributed by atoms with van der Waals surface area (Å²) in [6.45, 7) is 5.08. The highest BCUT2D eigenvalue weighted by Gasteiger charge is 2.59. The molecule has 0 aliphatic carbocycles. The summed E-state index contributed by atoms with van der Waals surface area (Å²) >= 11 is 1.41. The van der Waals surface area contributed by atoms with Crippen LogP contribution < -0.4 is 20.8 Å². The van der Waals surface area contributed by atoms with Crippen LogP contribution in [-0.4, -0.2) is 66.2 Å². The number of nitrogens with two attached hydrogens (primary N) is 1. The molecule has 2 aliphatic rings. The monoisotopic (exact) mass is 579 g/mol. The second-order valence-electron chi connectivity index (χ2n) is 10.5. The van der Waals surface area contributed by atoms with Gasteiger partial charge < -0.3 is 25.9 Å². The molecule has 2 amide bonds. The molecular weight excluding hydrogens is 546 g/mol. The number of benzene rings is 1. The van der Waals surface area contributed by atoms with Crippen molar-refractivity contribution in [2.75, 3.05) is 6.54 Å². The third-order valence-electron chi connectivity index (χ3n) is 7.70. The normalized spacial score (nSPS) is 20.6. The first-order valence-electron chi connectivity index (χ1n) is 13.5. The van der Waals surface area contributed by atoms with Gasteiger partial charge in [0.15, 0.2) is 7.05 Å². The predicted octanol–water partition coefficient (Wildman–Crippen LogP) is -0.809. The maximum absolute atomic E-state index is 13.1. The number of nitrogens with zero attached hydrogens (tertiary/aromatic N) is 7. The molecule has 0 spiro atoms. The number of amides is 2. The number of hydrogen-bond acceptors (Lipinski definition) is 9. The molecule has 2 aromatic heterocycles. The summed E-state index contributed by atoms with van der Waals surface area (Å²) in [4.78, 5) is 39.7. The molecule has 1 unspecified atom stereocenters. The number of carboxylic acids is 1. The fourth-order valence-electron chi connectivity index (χ4n) is 5.65. The average Bonchev–Trinajstić information content (AvgIpc) is 3.64. The van der Waals surface area contributed by atoms with Gasteiger partial charge in [-0.3, -0.25) is 9.59 Å². The number of nitrogens with one attached hydrogen (secondary N) is 1. The van der Waals surface area contributed by atoms with Crippen LogP contribution in [-0.2, 0) is 40.3 Å². The smallest absolute Gasteiger partial charge is 0.242 e. The van der Waals surface area contributed by atoms with Gasteiger partial charge in [0.05, 0.1) is 41.9 Å². The minimum Gasteiger partial charge on any atom is -0.543 e. The Morgan fingerprint density at radius 1 is 1.24 bits per heavy atom. The van der Waals surface area contributed by atoms with Gasteiger partial charge in [0, 0.05) is 22.6 Å². The molecule has 14 heteroatoms. The Labute approximate surface area is 241 Å². The van der Waals surface area contributed by atoms with Gasteiger partial charge in [-0.05, 0) is 41.4 Å². The lowest BCUT2D eigenvalue weighted by molar-refractivity contribution is -0.753. The van der Waals surface area contributed by atoms with Crippen LogP contribution in [0.5, 0.6) is 0 Å². The molecule has 2 aliphatic heterocycles. The zero-order chi connectivity index (χ0) is 29.3. The number of carbonyl (C=O) groups excluding carboxylic acids is 3. The summed E-state index contributed by atoms with van der Waals surface area (Å²) in [6, 6.07) is 7.30. The van der Waals surface area contributed by atoms with Crippen LogP contribution in [0.3, 0.4) is 0 Å². The van der Waals surface area contributed by atoms with Crippen LogP contribution in [0.25, 0.3) is 11.1 Å². The van der Waals surface area contributed by atoms with E-state index in [1.54, 1.807) is 6.92 Å². The first kappa shape index (κ1) is 28.5. The summed E-state index contributed by atoms with van der Waals surface area (Å²) in [5.74, 6) is -2.27. The summed E-state index contributed by atoms with van der Waals surface area (Å²) in [7, 11) is 2.00. The molecule has 13 nitrogen and oxygen atoms in total. The summed E-state index contributed by atoms with van der Waals surface area (Å²) in [5, 5.41) is 25.7. The number of β-lactam (4-membered cyclic amide) rings is 1. The van der Waals surface area contributed by atoms with Crippen LogP contribution in [0.2, 0.25) is 0 Å². The van der Waals surface area contributed by atoms with Crippen molar-refractivity contribution in [2.24, 2.45) is 24.6 Å². The molecule has 0 bridgehead atoms. The van der Waals surface area contributed by atoms with Crippen molar-refractivity contribution in [1.82, 2.24) is 35.1 Å². The molecule has 3 N–H and O–H groups in total. The number of aryl methyl sites for hydroxylation is 2. The first-order valence-corrected chi connectivity index (χ1v) is 14.4. The van der Waals surface area contributed by atoms with E-state index in [1.165, 1.54) is 27.7 Å². The van der Waals surface area contributed by atoms with Crippen molar-refractivity contribution >= 4 is 29.5 Å². The number of aromatic nitrogens is 6. The standard InChI is InChI=1S/C27H33N9O4S/c1-16-23-22(17(2)30-21(37)13-34-15-29-31-32-34)26(38)36(23)24(27(39)40)25(16)41-14-18-5-7-19(8-6-18)20-11-33(3)35(12-20)10-4-9-28/h5-8,11-12,15-17,22-23H,4,9-10,13-14,28H2,1-3H3,(H-,30,37,39,40)/t16-,17?,22-,23-/m1/s1. The Bertz CT molecular complexity index is 1470. The molecule has 1 aromatic carbocycles. The first-order chi connectivity index (χ1) is 19.7. The molecule has 0 radical (unpaired) electrons. The number of carboxylic acid groups (broad SMARTS) is 1. The molecule has 1 fully saturated rings. The number of carbonyl (C=O) groups is 3. The van der Waals surface area contributed by atoms with E-state index >= 15 is 0 Å². The zero-order valence-electron chi connectivity index (χ0n) is 23.1. The zero-order valence-corrected chi connectivity index (χ0v) is 24.0. The maximum Gasteiger partial charge on any atom is 0.242 e. The molecule has 4 atom stereocenters. The Balaban J connectivity index is 1.24. The maximum atomic E-state index is 13.1. The minimum atomic E-state index is -1.37. The Hall–Kier alpha value is -4.04. The molecule has 0 saturated carbocycles. The predicted molar refractivity (Wildman–Crippen MR) is 147 cm³/mol. The number of rotatable bonds is 12. The van der Waals surface area contributed by atoms with Crippen LogP contribution in [0.1, 0.15) is 25.8 Å². The molecule has 3 aromatic rings. The van der Waals surface area contributed by atoms with Gasteiger partial charge >= 0.3 is 0 Å². The average molecular weight is 580 g/mol. The highest BCUT2D eigenvalue weighted by Crippen LogP contribution is 2.50. The van der Waals surface area contributed by atoms with E-state index < -0.39 is 17.9 Å². The fraction of sp³-hybridized carbons (Fsp3) is 0.444. The SMILES string of the molecule is CC(NC(=O)Cn1cnnn1)[C@H]1C(=O)N2C(C(=O)[O-])=C(SCc3ccc(-c4cn(CCCN)[n+](C)c4)cc3)[C@H](C)[C@H]12. The highest BCUT2D eigenvalue weighted by atomic mass is 32.2. The summed E-state index contributed by atoms with van der Waals surface area (Å²) in [6.07, 6.45) is 6.40. The fourth-order valence-corrected chi connectivity index (χ4v) is 6.89. The number of thioether (sulfide) groups is 1. The topological polar surface area (TPSA) is 168 Å². The molecule has 5 rings (SSSR count). The highest BCUT2D eigenvalue weighted by molar-refractivity contribution is 8.02. The molecule has 41 heavy (non-hydrogen) atoms. The molecule has 216 valence electrons. The van der Waals surface area contributed by atoms with Crippen molar-refractivity contribution in [3.05, 3.63) is 59.2 Å². The van der Waals surface area contributed by atoms with Gasteiger partial charge in [-0.15, -0.1) is 21.5 Å². The van der Waals surface area contributed by atoms with Crippen LogP contribution in [0.15, 0.2) is 53.6 Å². The van der Waals surface area contributed by atoms with Gasteiger partial charge in [0.25, 0.3) is 0 Å². The number of hydrogen-bond donors (Lipinski definition) is 2. The van der Waals surface area contributed by atoms with Crippen LogP contribution in [0, 0.1) is 11.8 Å². The van der Waals surface area contributed by atoms with E-state index in [-0.39, 0.29) is 36.0 Å². The van der Waals surface area contributed by atoms with E-state index in [9.17, 15) is 19.5 Å². The van der Waals surface area contributed by atoms with Crippen molar-refractivity contribution < 1.29 is 24.2 Å². The number of tetrazole rings is 1.